The molecule has 0 unspecified atom stereocenters. The average Bonchev–Trinajstić information content (AvgIpc) is 2.69. The van der Waals surface area contributed by atoms with Gasteiger partial charge in [0.05, 0.1) is 0 Å². The van der Waals surface area contributed by atoms with Crippen LogP contribution in [0.15, 0.2) is 70.3 Å². The minimum absolute atomic E-state index is 0.0209. The highest BCUT2D eigenvalue weighted by atomic mass is 16.2. The van der Waals surface area contributed by atoms with Crippen molar-refractivity contribution in [3.8, 4) is 11.3 Å². The van der Waals surface area contributed by atoms with Gasteiger partial charge >= 0.3 is 5.69 Å². The summed E-state index contributed by atoms with van der Waals surface area (Å²) in [4.78, 5) is 48.7. The molecule has 0 aliphatic rings. The molecule has 0 saturated heterocycles. The fourth-order valence-corrected chi connectivity index (χ4v) is 2.51. The highest BCUT2D eigenvalue weighted by molar-refractivity contribution is 5.95. The Morgan fingerprint density at radius 1 is 0.962 bits per heavy atom. The van der Waals surface area contributed by atoms with Crippen molar-refractivity contribution >= 4 is 12.2 Å². The van der Waals surface area contributed by atoms with Gasteiger partial charge in [0.25, 0.3) is 11.5 Å². The Hall–Kier alpha value is -3.61. The lowest BCUT2D eigenvalue weighted by Crippen LogP contribution is -2.45. The molecule has 0 saturated carbocycles. The fraction of sp³-hybridized carbons (Fsp3) is 0.105. The third-order valence-corrected chi connectivity index (χ3v) is 3.79. The number of nitrogens with zero attached hydrogens (tertiary/aromatic N) is 3. The summed E-state index contributed by atoms with van der Waals surface area (Å²) < 4.78 is 1.54. The van der Waals surface area contributed by atoms with Crippen LogP contribution < -0.4 is 11.2 Å². The molecular weight excluding hydrogens is 334 g/mol. The molecule has 7 heteroatoms. The zero-order chi connectivity index (χ0) is 18.5. The van der Waals surface area contributed by atoms with Crippen LogP contribution in [0.1, 0.15) is 16.8 Å². The zero-order valence-electron chi connectivity index (χ0n) is 13.7. The molecule has 0 atom stereocenters. The number of benzene rings is 2. The van der Waals surface area contributed by atoms with Crippen molar-refractivity contribution in [1.29, 1.82) is 0 Å². The molecule has 3 aromatic rings. The predicted molar refractivity (Wildman–Crippen MR) is 95.0 cm³/mol. The number of hydrogen-bond donors (Lipinski definition) is 0. The van der Waals surface area contributed by atoms with Gasteiger partial charge in [0, 0.05) is 24.1 Å². The summed E-state index contributed by atoms with van der Waals surface area (Å²) >= 11 is 0. The molecule has 0 aliphatic heterocycles. The van der Waals surface area contributed by atoms with Crippen molar-refractivity contribution in [2.24, 2.45) is 0 Å². The van der Waals surface area contributed by atoms with Gasteiger partial charge in [-0.15, -0.1) is 4.68 Å². The summed E-state index contributed by atoms with van der Waals surface area (Å²) in [5, 5.41) is 4.02. The summed E-state index contributed by atoms with van der Waals surface area (Å²) in [6.45, 7) is -0.119. The minimum Gasteiger partial charge on any atom is -0.303 e. The Labute approximate surface area is 148 Å². The number of rotatable bonds is 5. The van der Waals surface area contributed by atoms with Crippen LogP contribution >= 0.6 is 0 Å². The van der Waals surface area contributed by atoms with E-state index in [1.807, 2.05) is 0 Å². The molecule has 1 aromatic heterocycles. The third-order valence-electron chi connectivity index (χ3n) is 3.79. The topological polar surface area (TPSA) is 91.0 Å². The minimum atomic E-state index is -0.870. The van der Waals surface area contributed by atoms with Crippen molar-refractivity contribution in [1.82, 2.24) is 14.3 Å². The number of aldehydes is 1. The van der Waals surface area contributed by atoms with Crippen molar-refractivity contribution in [2.75, 3.05) is 0 Å². The number of carbonyl (C=O) groups is 2. The van der Waals surface area contributed by atoms with Gasteiger partial charge in [-0.3, -0.25) is 14.2 Å². The predicted octanol–water partition coefficient (Wildman–Crippen LogP) is 1.35. The lowest BCUT2D eigenvalue weighted by Gasteiger charge is -2.10. The molecule has 0 fully saturated rings. The maximum Gasteiger partial charge on any atom is 0.355 e. The molecule has 0 N–H and O–H groups in total. The van der Waals surface area contributed by atoms with Crippen LogP contribution in [0.25, 0.3) is 11.3 Å². The van der Waals surface area contributed by atoms with E-state index >= 15 is 0 Å². The van der Waals surface area contributed by atoms with E-state index in [9.17, 15) is 19.2 Å². The first kappa shape index (κ1) is 17.2. The van der Waals surface area contributed by atoms with Crippen LogP contribution in [0.3, 0.4) is 0 Å². The lowest BCUT2D eigenvalue weighted by molar-refractivity contribution is -0.108. The molecule has 0 bridgehead atoms. The number of aromatic nitrogens is 3. The molecule has 0 aliphatic carbocycles. The molecule has 0 radical (unpaired) electrons. The van der Waals surface area contributed by atoms with Crippen molar-refractivity contribution in [3.63, 3.8) is 0 Å². The van der Waals surface area contributed by atoms with Gasteiger partial charge in [0.15, 0.2) is 5.69 Å². The molecule has 26 heavy (non-hydrogen) atoms. The van der Waals surface area contributed by atoms with Crippen molar-refractivity contribution in [3.05, 3.63) is 87.1 Å². The van der Waals surface area contributed by atoms with Crippen LogP contribution in [0.2, 0.25) is 0 Å². The summed E-state index contributed by atoms with van der Waals surface area (Å²) in [5.74, 6) is -0.646. The molecule has 2 aromatic carbocycles. The Kier molecular flexibility index (Phi) is 4.98. The quantitative estimate of drug-likeness (QED) is 0.649. The second kappa shape index (κ2) is 7.52. The smallest absolute Gasteiger partial charge is 0.303 e. The van der Waals surface area contributed by atoms with Gasteiger partial charge in [-0.25, -0.2) is 4.79 Å². The Balaban J connectivity index is 2.24. The van der Waals surface area contributed by atoms with E-state index in [1.165, 1.54) is 0 Å². The Morgan fingerprint density at radius 3 is 2.19 bits per heavy atom. The van der Waals surface area contributed by atoms with Crippen LogP contribution in [-0.2, 0) is 11.3 Å². The Morgan fingerprint density at radius 2 is 1.58 bits per heavy atom. The normalized spacial score (nSPS) is 10.5. The summed E-state index contributed by atoms with van der Waals surface area (Å²) in [5.41, 5.74) is -0.792. The summed E-state index contributed by atoms with van der Waals surface area (Å²) in [6, 6.07) is 16.7. The summed E-state index contributed by atoms with van der Waals surface area (Å²) in [7, 11) is 0. The van der Waals surface area contributed by atoms with Gasteiger partial charge in [0.1, 0.15) is 6.29 Å². The molecule has 1 heterocycles. The van der Waals surface area contributed by atoms with Gasteiger partial charge in [-0.05, 0) is 12.1 Å². The maximum absolute atomic E-state index is 12.7. The van der Waals surface area contributed by atoms with E-state index in [4.69, 9.17) is 0 Å². The maximum atomic E-state index is 12.7. The molecule has 130 valence electrons. The van der Waals surface area contributed by atoms with E-state index in [1.54, 1.807) is 60.7 Å². The highest BCUT2D eigenvalue weighted by Gasteiger charge is 2.19. The summed E-state index contributed by atoms with van der Waals surface area (Å²) in [6.07, 6.45) is 0.588. The molecule has 0 amide bonds. The largest absolute Gasteiger partial charge is 0.355 e. The van der Waals surface area contributed by atoms with Gasteiger partial charge in [0.2, 0.25) is 0 Å². The highest BCUT2D eigenvalue weighted by Crippen LogP contribution is 2.11. The zero-order valence-corrected chi connectivity index (χ0v) is 13.7. The van der Waals surface area contributed by atoms with E-state index in [-0.39, 0.29) is 24.2 Å². The number of hydrogen-bond acceptors (Lipinski definition) is 5. The van der Waals surface area contributed by atoms with Gasteiger partial charge in [-0.1, -0.05) is 48.5 Å². The van der Waals surface area contributed by atoms with Crippen molar-refractivity contribution in [2.45, 2.75) is 13.0 Å². The van der Waals surface area contributed by atoms with Gasteiger partial charge < -0.3 is 4.79 Å². The second-order valence-electron chi connectivity index (χ2n) is 5.49. The van der Waals surface area contributed by atoms with Crippen LogP contribution in [-0.4, -0.2) is 26.5 Å². The van der Waals surface area contributed by atoms with E-state index in [0.717, 1.165) is 4.57 Å². The average molecular weight is 349 g/mol. The third kappa shape index (κ3) is 3.27. The van der Waals surface area contributed by atoms with E-state index < -0.39 is 17.2 Å². The first-order valence-electron chi connectivity index (χ1n) is 7.96. The molecule has 0 spiro atoms. The van der Waals surface area contributed by atoms with Crippen molar-refractivity contribution < 1.29 is 9.59 Å². The number of carbonyl (C=O) groups excluding carboxylic acids is 2. The van der Waals surface area contributed by atoms with E-state index in [0.29, 0.717) is 16.5 Å². The van der Waals surface area contributed by atoms with Crippen LogP contribution in [0.4, 0.5) is 0 Å². The van der Waals surface area contributed by atoms with Crippen LogP contribution in [0.5, 0.6) is 0 Å². The molecule has 3 rings (SSSR count). The Bertz CT molecular complexity index is 1050. The lowest BCUT2D eigenvalue weighted by atomic mass is 10.1. The van der Waals surface area contributed by atoms with Gasteiger partial charge in [-0.2, -0.15) is 5.10 Å². The standard InChI is InChI=1S/C19H15N3O4/c23-13-7-12-21-18(25)16(14-8-3-1-4-9-14)20-22(19(21)26)17(24)15-10-5-2-6-11-15/h1-6,8-11,13H,7,12H2. The monoisotopic (exact) mass is 349 g/mol. The molecule has 7 nitrogen and oxygen atoms in total. The molecular formula is C19H15N3O4. The SMILES string of the molecule is O=CCCn1c(=O)c(-c2ccccc2)nn(C(=O)c2ccccc2)c1=O. The second-order valence-corrected chi connectivity index (χ2v) is 5.49. The fourth-order valence-electron chi connectivity index (χ4n) is 2.51. The first-order valence-corrected chi connectivity index (χ1v) is 7.96. The van der Waals surface area contributed by atoms with Crippen LogP contribution in [0, 0.1) is 0 Å². The van der Waals surface area contributed by atoms with E-state index in [2.05, 4.69) is 5.10 Å². The first-order chi connectivity index (χ1) is 12.6.